The van der Waals surface area contributed by atoms with Gasteiger partial charge in [-0.2, -0.15) is 0 Å². The molecule has 1 aliphatic heterocycles. The van der Waals surface area contributed by atoms with E-state index in [2.05, 4.69) is 5.32 Å². The van der Waals surface area contributed by atoms with Crippen molar-refractivity contribution < 1.29 is 23.7 Å². The average molecular weight is 554 g/mol. The molecule has 0 fully saturated rings. The van der Waals surface area contributed by atoms with Gasteiger partial charge in [0, 0.05) is 19.3 Å². The molecule has 0 bridgehead atoms. The second-order valence-corrected chi connectivity index (χ2v) is 9.45. The molecule has 208 valence electrons. The van der Waals surface area contributed by atoms with E-state index < -0.39 is 5.91 Å². The van der Waals surface area contributed by atoms with Crippen LogP contribution in [0.25, 0.3) is 16.7 Å². The number of aryl methyl sites for hydroxylation is 2. The highest BCUT2D eigenvalue weighted by molar-refractivity contribution is 5.96. The van der Waals surface area contributed by atoms with Gasteiger partial charge in [-0.05, 0) is 60.0 Å². The molecule has 0 spiro atoms. The quantitative estimate of drug-likeness (QED) is 0.283. The number of hydrogen-bond donors (Lipinski definition) is 2. The summed E-state index contributed by atoms with van der Waals surface area (Å²) in [5.41, 5.74) is 2.22. The first kappa shape index (κ1) is 25.9. The van der Waals surface area contributed by atoms with Gasteiger partial charge >= 0.3 is 0 Å². The molecule has 1 aliphatic rings. The summed E-state index contributed by atoms with van der Waals surface area (Å²) in [6.07, 6.45) is 2.12. The van der Waals surface area contributed by atoms with Crippen LogP contribution in [-0.4, -0.2) is 40.9 Å². The Balaban J connectivity index is 1.38. The summed E-state index contributed by atoms with van der Waals surface area (Å²) in [6.45, 7) is 0.656. The Morgan fingerprint density at radius 2 is 1.80 bits per heavy atom. The molecular formula is C30H27N5O6. The van der Waals surface area contributed by atoms with E-state index >= 15 is 0 Å². The minimum atomic E-state index is -0.480. The molecule has 6 rings (SSSR count). The molecule has 4 heterocycles. The molecule has 0 radical (unpaired) electrons. The monoisotopic (exact) mass is 553 g/mol. The van der Waals surface area contributed by atoms with Gasteiger partial charge in [-0.15, -0.1) is 0 Å². The highest BCUT2D eigenvalue weighted by Gasteiger charge is 2.19. The molecular weight excluding hydrogens is 526 g/mol. The van der Waals surface area contributed by atoms with Crippen molar-refractivity contribution >= 4 is 22.6 Å². The number of pyridine rings is 2. The Morgan fingerprint density at radius 3 is 2.63 bits per heavy atom. The SMILES string of the molecule is COc1ccc(CCn2c(=N)c(C(=O)NCc3ccc4c(c3)OCO4)cc3c(=O)n4ccccc4nc32)cc1OC. The predicted molar refractivity (Wildman–Crippen MR) is 150 cm³/mol. The topological polar surface area (TPSA) is 129 Å². The van der Waals surface area contributed by atoms with Crippen LogP contribution in [0.15, 0.2) is 71.7 Å². The van der Waals surface area contributed by atoms with Crippen molar-refractivity contribution in [2.75, 3.05) is 21.0 Å². The van der Waals surface area contributed by atoms with Crippen LogP contribution in [0.2, 0.25) is 0 Å². The lowest BCUT2D eigenvalue weighted by atomic mass is 10.1. The maximum atomic E-state index is 13.5. The van der Waals surface area contributed by atoms with Gasteiger partial charge in [0.05, 0.1) is 25.2 Å². The van der Waals surface area contributed by atoms with Gasteiger partial charge in [-0.25, -0.2) is 4.98 Å². The molecule has 2 aromatic carbocycles. The molecule has 0 saturated heterocycles. The van der Waals surface area contributed by atoms with Crippen molar-refractivity contribution in [3.05, 3.63) is 99.4 Å². The smallest absolute Gasteiger partial charge is 0.267 e. The summed E-state index contributed by atoms with van der Waals surface area (Å²) in [6, 6.07) is 17.7. The average Bonchev–Trinajstić information content (AvgIpc) is 3.47. The molecule has 5 aromatic rings. The number of carbonyl (C=O) groups is 1. The zero-order valence-electron chi connectivity index (χ0n) is 22.5. The third-order valence-electron chi connectivity index (χ3n) is 7.03. The van der Waals surface area contributed by atoms with Gasteiger partial charge in [0.1, 0.15) is 16.8 Å². The lowest BCUT2D eigenvalue weighted by molar-refractivity contribution is 0.0948. The summed E-state index contributed by atoms with van der Waals surface area (Å²) >= 11 is 0. The summed E-state index contributed by atoms with van der Waals surface area (Å²) in [5, 5.41) is 12.1. The number of benzene rings is 2. The first-order valence-corrected chi connectivity index (χ1v) is 12.9. The second kappa shape index (κ2) is 10.7. The van der Waals surface area contributed by atoms with E-state index in [1.807, 2.05) is 24.3 Å². The van der Waals surface area contributed by atoms with E-state index in [4.69, 9.17) is 29.3 Å². The third-order valence-corrected chi connectivity index (χ3v) is 7.03. The number of hydrogen-bond acceptors (Lipinski definition) is 8. The zero-order chi connectivity index (χ0) is 28.5. The van der Waals surface area contributed by atoms with E-state index in [1.165, 1.54) is 10.5 Å². The van der Waals surface area contributed by atoms with Crippen LogP contribution >= 0.6 is 0 Å². The fraction of sp³-hybridized carbons (Fsp3) is 0.200. The Bertz CT molecular complexity index is 1930. The van der Waals surface area contributed by atoms with Crippen molar-refractivity contribution in [1.29, 1.82) is 5.41 Å². The van der Waals surface area contributed by atoms with Crippen LogP contribution in [0, 0.1) is 5.41 Å². The van der Waals surface area contributed by atoms with Gasteiger partial charge in [-0.1, -0.05) is 18.2 Å². The van der Waals surface area contributed by atoms with Gasteiger partial charge in [0.25, 0.3) is 11.5 Å². The highest BCUT2D eigenvalue weighted by atomic mass is 16.7. The highest BCUT2D eigenvalue weighted by Crippen LogP contribution is 2.32. The van der Waals surface area contributed by atoms with Gasteiger partial charge in [-0.3, -0.25) is 19.4 Å². The molecule has 3 aromatic heterocycles. The number of nitrogens with one attached hydrogen (secondary N) is 2. The number of rotatable bonds is 8. The molecule has 1 amide bonds. The lowest BCUT2D eigenvalue weighted by Crippen LogP contribution is -2.35. The Hall–Kier alpha value is -5.32. The van der Waals surface area contributed by atoms with Gasteiger partial charge in [0.2, 0.25) is 6.79 Å². The fourth-order valence-electron chi connectivity index (χ4n) is 4.88. The first-order chi connectivity index (χ1) is 20.0. The maximum absolute atomic E-state index is 13.5. The van der Waals surface area contributed by atoms with Gasteiger partial charge < -0.3 is 28.8 Å². The Morgan fingerprint density at radius 1 is 1.00 bits per heavy atom. The molecule has 0 atom stereocenters. The van der Waals surface area contributed by atoms with Crippen molar-refractivity contribution in [1.82, 2.24) is 19.3 Å². The summed E-state index contributed by atoms with van der Waals surface area (Å²) < 4.78 is 24.6. The number of fused-ring (bicyclic) bond motifs is 3. The molecule has 11 heteroatoms. The molecule has 0 unspecified atom stereocenters. The molecule has 2 N–H and O–H groups in total. The summed E-state index contributed by atoms with van der Waals surface area (Å²) in [7, 11) is 3.14. The van der Waals surface area contributed by atoms with Crippen LogP contribution in [0.4, 0.5) is 0 Å². The summed E-state index contributed by atoms with van der Waals surface area (Å²) in [5.74, 6) is 1.98. The number of carbonyl (C=O) groups excluding carboxylic acids is 1. The molecule has 0 saturated carbocycles. The maximum Gasteiger partial charge on any atom is 0.267 e. The largest absolute Gasteiger partial charge is 0.493 e. The number of methoxy groups -OCH3 is 2. The van der Waals surface area contributed by atoms with Crippen LogP contribution in [0.1, 0.15) is 21.5 Å². The fourth-order valence-corrected chi connectivity index (χ4v) is 4.88. The van der Waals surface area contributed by atoms with Crippen LogP contribution < -0.4 is 35.3 Å². The molecule has 11 nitrogen and oxygen atoms in total. The Labute approximate surface area is 234 Å². The van der Waals surface area contributed by atoms with Crippen molar-refractivity contribution in [2.45, 2.75) is 19.5 Å². The summed E-state index contributed by atoms with van der Waals surface area (Å²) in [4.78, 5) is 31.6. The first-order valence-electron chi connectivity index (χ1n) is 12.9. The normalized spacial score (nSPS) is 12.0. The molecule has 41 heavy (non-hydrogen) atoms. The minimum Gasteiger partial charge on any atom is -0.493 e. The minimum absolute atomic E-state index is 0.0478. The van der Waals surface area contributed by atoms with E-state index in [9.17, 15) is 9.59 Å². The van der Waals surface area contributed by atoms with E-state index in [0.29, 0.717) is 47.3 Å². The standard InChI is InChI=1S/C30H27N5O6/c1-38-22-8-6-18(13-24(22)39-2)10-12-35-27(31)20(15-21-28(35)33-26-5-3-4-11-34(26)30(21)37)29(36)32-16-19-7-9-23-25(14-19)41-17-40-23/h3-9,11,13-15,31H,10,12,16-17H2,1-2H3,(H,32,36). The predicted octanol–water partition coefficient (Wildman–Crippen LogP) is 3.05. The van der Waals surface area contributed by atoms with E-state index in [-0.39, 0.29) is 35.3 Å². The van der Waals surface area contributed by atoms with Crippen LogP contribution in [-0.2, 0) is 19.5 Å². The van der Waals surface area contributed by atoms with E-state index in [1.54, 1.807) is 55.3 Å². The Kier molecular flexibility index (Phi) is 6.76. The zero-order valence-corrected chi connectivity index (χ0v) is 22.5. The van der Waals surface area contributed by atoms with Crippen molar-refractivity contribution in [3.63, 3.8) is 0 Å². The number of amides is 1. The van der Waals surface area contributed by atoms with E-state index in [0.717, 1.165) is 11.1 Å². The number of nitrogens with zero attached hydrogens (tertiary/aromatic N) is 3. The third kappa shape index (κ3) is 4.82. The number of aromatic nitrogens is 3. The molecule has 0 aliphatic carbocycles. The second-order valence-electron chi connectivity index (χ2n) is 9.45. The van der Waals surface area contributed by atoms with Crippen molar-refractivity contribution in [3.8, 4) is 23.0 Å². The number of ether oxygens (including phenoxy) is 4. The lowest BCUT2D eigenvalue weighted by Gasteiger charge is -2.15. The van der Waals surface area contributed by atoms with Crippen molar-refractivity contribution in [2.24, 2.45) is 0 Å². The van der Waals surface area contributed by atoms with Crippen LogP contribution in [0.3, 0.4) is 0 Å². The van der Waals surface area contributed by atoms with Crippen LogP contribution in [0.5, 0.6) is 23.0 Å². The van der Waals surface area contributed by atoms with Gasteiger partial charge in [0.15, 0.2) is 23.0 Å².